The maximum Gasteiger partial charge on any atom is 0.278 e. The monoisotopic (exact) mass is 278 g/mol. The molecule has 0 aliphatic heterocycles. The molecule has 100 valence electrons. The van der Waals surface area contributed by atoms with E-state index in [9.17, 15) is 4.79 Å². The predicted molar refractivity (Wildman–Crippen MR) is 76.5 cm³/mol. The third-order valence-corrected chi connectivity index (χ3v) is 3.00. The molecule has 0 unspecified atom stereocenters. The Morgan fingerprint density at radius 1 is 1.53 bits per heavy atom. The molecular weight excluding hydrogens is 264 g/mol. The average Bonchev–Trinajstić information content (AvgIpc) is 2.74. The number of halogens is 1. The number of hydrogen-bond acceptors (Lipinski definition) is 3. The van der Waals surface area contributed by atoms with Gasteiger partial charge in [-0.05, 0) is 37.6 Å². The highest BCUT2D eigenvalue weighted by Crippen LogP contribution is 2.21. The predicted octanol–water partition coefficient (Wildman–Crippen LogP) is 2.70. The Morgan fingerprint density at radius 3 is 2.84 bits per heavy atom. The summed E-state index contributed by atoms with van der Waals surface area (Å²) in [6, 6.07) is 5.26. The van der Waals surface area contributed by atoms with Gasteiger partial charge >= 0.3 is 0 Å². The van der Waals surface area contributed by atoms with Crippen molar-refractivity contribution in [3.63, 3.8) is 0 Å². The number of carbonyl (C=O) groups is 1. The highest BCUT2D eigenvalue weighted by molar-refractivity contribution is 6.30. The fraction of sp³-hybridized carbons (Fsp3) is 0.231. The second-order valence-electron chi connectivity index (χ2n) is 4.20. The summed E-state index contributed by atoms with van der Waals surface area (Å²) in [5.74, 6) is -0.324. The molecular formula is C13H15ClN4O. The summed E-state index contributed by atoms with van der Waals surface area (Å²) in [5.41, 5.74) is 7.95. The Kier molecular flexibility index (Phi) is 3.76. The molecule has 0 bridgehead atoms. The van der Waals surface area contributed by atoms with E-state index in [4.69, 9.17) is 17.3 Å². The minimum Gasteiger partial charge on any atom is -0.396 e. The third-order valence-electron chi connectivity index (χ3n) is 2.77. The van der Waals surface area contributed by atoms with Crippen molar-refractivity contribution in [2.75, 3.05) is 11.1 Å². The Balaban J connectivity index is 2.23. The Hall–Kier alpha value is -2.01. The van der Waals surface area contributed by atoms with Gasteiger partial charge < -0.3 is 11.1 Å². The summed E-state index contributed by atoms with van der Waals surface area (Å²) in [4.78, 5) is 12.1. The molecule has 1 aromatic heterocycles. The van der Waals surface area contributed by atoms with E-state index in [1.165, 1.54) is 0 Å². The van der Waals surface area contributed by atoms with Gasteiger partial charge in [0, 0.05) is 23.5 Å². The zero-order valence-electron chi connectivity index (χ0n) is 10.8. The molecule has 0 spiro atoms. The van der Waals surface area contributed by atoms with Crippen LogP contribution in [0.1, 0.15) is 23.0 Å². The van der Waals surface area contributed by atoms with Crippen LogP contribution in [-0.4, -0.2) is 15.7 Å². The Morgan fingerprint density at radius 2 is 2.26 bits per heavy atom. The second kappa shape index (κ2) is 5.32. The standard InChI is InChI=1S/C13H15ClN4O/c1-3-18-7-10(15)12(17-18)13(19)16-11-5-4-9(14)6-8(11)2/h4-7H,3,15H2,1-2H3,(H,16,19). The molecule has 3 N–H and O–H groups in total. The molecule has 0 saturated carbocycles. The Labute approximate surface area is 116 Å². The summed E-state index contributed by atoms with van der Waals surface area (Å²) >= 11 is 5.87. The van der Waals surface area contributed by atoms with Crippen molar-refractivity contribution in [3.05, 3.63) is 40.7 Å². The van der Waals surface area contributed by atoms with Crippen molar-refractivity contribution in [1.82, 2.24) is 9.78 Å². The van der Waals surface area contributed by atoms with Crippen LogP contribution in [0.25, 0.3) is 0 Å². The molecule has 0 aliphatic rings. The lowest BCUT2D eigenvalue weighted by Gasteiger charge is -2.07. The largest absolute Gasteiger partial charge is 0.396 e. The molecule has 0 atom stereocenters. The quantitative estimate of drug-likeness (QED) is 0.907. The summed E-state index contributed by atoms with van der Waals surface area (Å²) in [5, 5.41) is 7.53. The average molecular weight is 279 g/mol. The molecule has 2 rings (SSSR count). The SMILES string of the molecule is CCn1cc(N)c(C(=O)Nc2ccc(Cl)cc2C)n1. The van der Waals surface area contributed by atoms with E-state index >= 15 is 0 Å². The topological polar surface area (TPSA) is 72.9 Å². The summed E-state index contributed by atoms with van der Waals surface area (Å²) in [6.45, 7) is 4.46. The molecule has 5 nitrogen and oxygen atoms in total. The number of hydrogen-bond donors (Lipinski definition) is 2. The molecule has 1 amide bonds. The number of nitrogens with two attached hydrogens (primary N) is 1. The van der Waals surface area contributed by atoms with E-state index in [0.717, 1.165) is 5.56 Å². The van der Waals surface area contributed by atoms with Gasteiger partial charge in [0.2, 0.25) is 0 Å². The number of aryl methyl sites for hydroxylation is 2. The van der Waals surface area contributed by atoms with Crippen LogP contribution in [0.15, 0.2) is 24.4 Å². The first-order valence-corrected chi connectivity index (χ1v) is 6.29. The summed E-state index contributed by atoms with van der Waals surface area (Å²) in [6.07, 6.45) is 1.64. The molecule has 2 aromatic rings. The first-order valence-electron chi connectivity index (χ1n) is 5.91. The molecule has 0 fully saturated rings. The van der Waals surface area contributed by atoms with Crippen LogP contribution in [-0.2, 0) is 6.54 Å². The zero-order valence-corrected chi connectivity index (χ0v) is 11.5. The fourth-order valence-corrected chi connectivity index (χ4v) is 1.95. The van der Waals surface area contributed by atoms with Crippen molar-refractivity contribution in [2.45, 2.75) is 20.4 Å². The number of aromatic nitrogens is 2. The molecule has 1 aromatic carbocycles. The molecule has 6 heteroatoms. The van der Waals surface area contributed by atoms with E-state index < -0.39 is 0 Å². The minimum absolute atomic E-state index is 0.233. The van der Waals surface area contributed by atoms with Crippen LogP contribution < -0.4 is 11.1 Å². The highest BCUT2D eigenvalue weighted by atomic mass is 35.5. The van der Waals surface area contributed by atoms with Crippen LogP contribution in [0.4, 0.5) is 11.4 Å². The van der Waals surface area contributed by atoms with Gasteiger partial charge in [-0.2, -0.15) is 5.10 Å². The highest BCUT2D eigenvalue weighted by Gasteiger charge is 2.15. The lowest BCUT2D eigenvalue weighted by molar-refractivity contribution is 0.102. The van der Waals surface area contributed by atoms with Crippen molar-refractivity contribution in [1.29, 1.82) is 0 Å². The minimum atomic E-state index is -0.324. The molecule has 0 radical (unpaired) electrons. The van der Waals surface area contributed by atoms with Crippen LogP contribution >= 0.6 is 11.6 Å². The van der Waals surface area contributed by atoms with Crippen LogP contribution in [0.3, 0.4) is 0 Å². The van der Waals surface area contributed by atoms with Gasteiger partial charge in [0.05, 0.1) is 5.69 Å². The van der Waals surface area contributed by atoms with E-state index in [1.807, 2.05) is 13.8 Å². The van der Waals surface area contributed by atoms with E-state index in [0.29, 0.717) is 22.9 Å². The van der Waals surface area contributed by atoms with Gasteiger partial charge in [0.1, 0.15) is 0 Å². The number of nitrogens with one attached hydrogen (secondary N) is 1. The van der Waals surface area contributed by atoms with Crippen LogP contribution in [0.2, 0.25) is 5.02 Å². The lowest BCUT2D eigenvalue weighted by Crippen LogP contribution is -2.15. The molecule has 0 aliphatic carbocycles. The van der Waals surface area contributed by atoms with Gasteiger partial charge in [0.25, 0.3) is 5.91 Å². The number of carbonyl (C=O) groups excluding carboxylic acids is 1. The first-order chi connectivity index (χ1) is 9.01. The number of anilines is 2. The normalized spacial score (nSPS) is 10.5. The summed E-state index contributed by atoms with van der Waals surface area (Å²) < 4.78 is 1.62. The van der Waals surface area contributed by atoms with Gasteiger partial charge in [-0.1, -0.05) is 11.6 Å². The zero-order chi connectivity index (χ0) is 14.0. The van der Waals surface area contributed by atoms with E-state index in [-0.39, 0.29) is 11.6 Å². The van der Waals surface area contributed by atoms with Gasteiger partial charge in [-0.25, -0.2) is 0 Å². The summed E-state index contributed by atoms with van der Waals surface area (Å²) in [7, 11) is 0. The number of nitrogens with zero attached hydrogens (tertiary/aromatic N) is 2. The van der Waals surface area contributed by atoms with Gasteiger partial charge in [-0.3, -0.25) is 9.48 Å². The lowest BCUT2D eigenvalue weighted by atomic mass is 10.2. The first kappa shape index (κ1) is 13.4. The van der Waals surface area contributed by atoms with E-state index in [2.05, 4.69) is 10.4 Å². The van der Waals surface area contributed by atoms with Crippen LogP contribution in [0.5, 0.6) is 0 Å². The second-order valence-corrected chi connectivity index (χ2v) is 4.64. The Bertz CT molecular complexity index is 621. The number of rotatable bonds is 3. The maximum atomic E-state index is 12.1. The fourth-order valence-electron chi connectivity index (χ4n) is 1.72. The van der Waals surface area contributed by atoms with Gasteiger partial charge in [-0.15, -0.1) is 0 Å². The van der Waals surface area contributed by atoms with Crippen molar-refractivity contribution in [3.8, 4) is 0 Å². The number of nitrogen functional groups attached to an aromatic ring is 1. The van der Waals surface area contributed by atoms with E-state index in [1.54, 1.807) is 29.1 Å². The van der Waals surface area contributed by atoms with Crippen molar-refractivity contribution < 1.29 is 4.79 Å². The van der Waals surface area contributed by atoms with Crippen molar-refractivity contribution >= 4 is 28.9 Å². The third kappa shape index (κ3) is 2.88. The number of benzene rings is 1. The van der Waals surface area contributed by atoms with Crippen molar-refractivity contribution in [2.24, 2.45) is 0 Å². The maximum absolute atomic E-state index is 12.1. The van der Waals surface area contributed by atoms with Crippen LogP contribution in [0, 0.1) is 6.92 Å². The molecule has 0 saturated heterocycles. The smallest absolute Gasteiger partial charge is 0.278 e. The molecule has 19 heavy (non-hydrogen) atoms. The van der Waals surface area contributed by atoms with Gasteiger partial charge in [0.15, 0.2) is 5.69 Å². The number of amides is 1. The molecule has 1 heterocycles.